The van der Waals surface area contributed by atoms with Crippen LogP contribution in [0.4, 0.5) is 0 Å². The van der Waals surface area contributed by atoms with Crippen LogP contribution in [0.3, 0.4) is 0 Å². The number of hydrogen-bond donors (Lipinski definition) is 1. The molecule has 0 radical (unpaired) electrons. The molecule has 2 aromatic rings. The van der Waals surface area contributed by atoms with E-state index in [4.69, 9.17) is 10.5 Å². The highest BCUT2D eigenvalue weighted by atomic mass is 32.1. The summed E-state index contributed by atoms with van der Waals surface area (Å²) >= 11 is 1.48. The fourth-order valence-corrected chi connectivity index (χ4v) is 2.43. The Morgan fingerprint density at radius 1 is 1.44 bits per heavy atom. The largest absolute Gasteiger partial charge is 0.496 e. The van der Waals surface area contributed by atoms with Gasteiger partial charge in [-0.2, -0.15) is 0 Å². The van der Waals surface area contributed by atoms with E-state index in [9.17, 15) is 0 Å². The van der Waals surface area contributed by atoms with Gasteiger partial charge in [0.1, 0.15) is 5.75 Å². The molecule has 0 saturated heterocycles. The predicted molar refractivity (Wildman–Crippen MR) is 66.7 cm³/mol. The number of aryl methyl sites for hydroxylation is 1. The highest BCUT2D eigenvalue weighted by Crippen LogP contribution is 2.30. The molecule has 0 unspecified atom stereocenters. The van der Waals surface area contributed by atoms with Crippen molar-refractivity contribution < 1.29 is 4.74 Å². The number of hydrogen-bond acceptors (Lipinski definition) is 4. The van der Waals surface area contributed by atoms with Gasteiger partial charge in [0.2, 0.25) is 0 Å². The average Bonchev–Trinajstić information content (AvgIpc) is 2.77. The van der Waals surface area contributed by atoms with Crippen LogP contribution in [0.1, 0.15) is 11.1 Å². The Balaban J connectivity index is 2.45. The minimum absolute atomic E-state index is 0.525. The molecule has 0 saturated carbocycles. The average molecular weight is 234 g/mol. The summed E-state index contributed by atoms with van der Waals surface area (Å²) in [7, 11) is 1.68. The molecule has 0 fully saturated rings. The van der Waals surface area contributed by atoms with Crippen molar-refractivity contribution in [2.75, 3.05) is 7.11 Å². The Bertz CT molecular complexity index is 494. The molecule has 3 nitrogen and oxygen atoms in total. The van der Waals surface area contributed by atoms with Crippen molar-refractivity contribution in [3.63, 3.8) is 0 Å². The summed E-state index contributed by atoms with van der Waals surface area (Å²) in [5.74, 6) is 0.905. The van der Waals surface area contributed by atoms with E-state index in [0.717, 1.165) is 27.3 Å². The van der Waals surface area contributed by atoms with Gasteiger partial charge in [-0.1, -0.05) is 0 Å². The van der Waals surface area contributed by atoms with Crippen LogP contribution in [0.2, 0.25) is 0 Å². The van der Waals surface area contributed by atoms with Crippen LogP contribution in [-0.2, 0) is 6.54 Å². The zero-order valence-corrected chi connectivity index (χ0v) is 10.2. The predicted octanol–water partition coefficient (Wildman–Crippen LogP) is 2.59. The zero-order valence-electron chi connectivity index (χ0n) is 9.36. The molecule has 2 N–H and O–H groups in total. The second kappa shape index (κ2) is 4.63. The van der Waals surface area contributed by atoms with Crippen molar-refractivity contribution in [3.05, 3.63) is 35.5 Å². The summed E-state index contributed by atoms with van der Waals surface area (Å²) in [6.07, 6.45) is 1.83. The summed E-state index contributed by atoms with van der Waals surface area (Å²) in [5.41, 5.74) is 9.04. The summed E-state index contributed by atoms with van der Waals surface area (Å²) in [6, 6.07) is 6.12. The molecule has 0 spiro atoms. The van der Waals surface area contributed by atoms with Crippen LogP contribution >= 0.6 is 11.5 Å². The lowest BCUT2D eigenvalue weighted by molar-refractivity contribution is 0.412. The van der Waals surface area contributed by atoms with Gasteiger partial charge in [-0.25, -0.2) is 4.37 Å². The van der Waals surface area contributed by atoms with Crippen molar-refractivity contribution in [2.24, 2.45) is 5.73 Å². The second-order valence-corrected chi connectivity index (χ2v) is 4.37. The maximum atomic E-state index is 5.67. The van der Waals surface area contributed by atoms with E-state index in [1.165, 1.54) is 11.5 Å². The molecule has 0 aliphatic heterocycles. The van der Waals surface area contributed by atoms with Gasteiger partial charge in [-0.15, -0.1) is 0 Å². The van der Waals surface area contributed by atoms with Crippen molar-refractivity contribution >= 4 is 11.5 Å². The number of aromatic nitrogens is 1. The van der Waals surface area contributed by atoms with E-state index >= 15 is 0 Å². The van der Waals surface area contributed by atoms with Gasteiger partial charge in [0.15, 0.2) is 0 Å². The van der Waals surface area contributed by atoms with Gasteiger partial charge >= 0.3 is 0 Å². The molecule has 1 aromatic heterocycles. The molecule has 1 aromatic carbocycles. The maximum absolute atomic E-state index is 5.67. The number of nitrogens with two attached hydrogens (primary N) is 1. The first-order chi connectivity index (χ1) is 7.76. The van der Waals surface area contributed by atoms with Crippen molar-refractivity contribution in [3.8, 4) is 16.2 Å². The SMILES string of the molecule is COc1ccc(-c2sncc2CN)cc1C. The number of nitrogens with zero attached hydrogens (tertiary/aromatic N) is 1. The summed E-state index contributed by atoms with van der Waals surface area (Å²) < 4.78 is 9.41. The molecule has 4 heteroatoms. The molecular formula is C12H14N2OS. The smallest absolute Gasteiger partial charge is 0.121 e. The lowest BCUT2D eigenvalue weighted by atomic mass is 10.1. The minimum atomic E-state index is 0.525. The van der Waals surface area contributed by atoms with E-state index in [1.54, 1.807) is 7.11 Å². The van der Waals surface area contributed by atoms with Crippen LogP contribution in [0.25, 0.3) is 10.4 Å². The van der Waals surface area contributed by atoms with Gasteiger partial charge in [0.25, 0.3) is 0 Å². The van der Waals surface area contributed by atoms with Crippen molar-refractivity contribution in [2.45, 2.75) is 13.5 Å². The van der Waals surface area contributed by atoms with Gasteiger partial charge in [0.05, 0.1) is 12.0 Å². The van der Waals surface area contributed by atoms with Crippen LogP contribution in [0.15, 0.2) is 24.4 Å². The Morgan fingerprint density at radius 3 is 2.88 bits per heavy atom. The Morgan fingerprint density at radius 2 is 2.25 bits per heavy atom. The van der Waals surface area contributed by atoms with E-state index in [1.807, 2.05) is 25.3 Å². The van der Waals surface area contributed by atoms with E-state index in [-0.39, 0.29) is 0 Å². The van der Waals surface area contributed by atoms with Gasteiger partial charge in [-0.05, 0) is 47.8 Å². The van der Waals surface area contributed by atoms with Crippen molar-refractivity contribution in [1.29, 1.82) is 0 Å². The minimum Gasteiger partial charge on any atom is -0.496 e. The maximum Gasteiger partial charge on any atom is 0.121 e. The van der Waals surface area contributed by atoms with E-state index in [0.29, 0.717) is 6.54 Å². The topological polar surface area (TPSA) is 48.1 Å². The van der Waals surface area contributed by atoms with Gasteiger partial charge in [0, 0.05) is 18.3 Å². The lowest BCUT2D eigenvalue weighted by Crippen LogP contribution is -1.96. The third-order valence-corrected chi connectivity index (χ3v) is 3.41. The summed E-state index contributed by atoms with van der Waals surface area (Å²) in [5, 5.41) is 0. The Kier molecular flexibility index (Phi) is 3.22. The quantitative estimate of drug-likeness (QED) is 0.888. The molecule has 0 bridgehead atoms. The second-order valence-electron chi connectivity index (χ2n) is 3.57. The standard InChI is InChI=1S/C12H14N2OS/c1-8-5-9(3-4-11(8)15-2)12-10(6-13)7-14-16-12/h3-5,7H,6,13H2,1-2H3. The fraction of sp³-hybridized carbons (Fsp3) is 0.250. The monoisotopic (exact) mass is 234 g/mol. The van der Waals surface area contributed by atoms with Gasteiger partial charge < -0.3 is 10.5 Å². The zero-order chi connectivity index (χ0) is 11.5. The van der Waals surface area contributed by atoms with Crippen molar-refractivity contribution in [1.82, 2.24) is 4.37 Å². The van der Waals surface area contributed by atoms with Crippen LogP contribution in [-0.4, -0.2) is 11.5 Å². The highest BCUT2D eigenvalue weighted by molar-refractivity contribution is 7.09. The number of benzene rings is 1. The molecule has 84 valence electrons. The first-order valence-corrected chi connectivity index (χ1v) is 5.82. The molecule has 0 aliphatic carbocycles. The first kappa shape index (κ1) is 11.1. The van der Waals surface area contributed by atoms with Crippen LogP contribution in [0.5, 0.6) is 5.75 Å². The number of methoxy groups -OCH3 is 1. The lowest BCUT2D eigenvalue weighted by Gasteiger charge is -2.06. The van der Waals surface area contributed by atoms with E-state index < -0.39 is 0 Å². The van der Waals surface area contributed by atoms with Crippen LogP contribution in [0, 0.1) is 6.92 Å². The molecular weight excluding hydrogens is 220 g/mol. The third-order valence-electron chi connectivity index (χ3n) is 2.52. The normalized spacial score (nSPS) is 10.4. The first-order valence-electron chi connectivity index (χ1n) is 5.05. The third kappa shape index (κ3) is 1.94. The van der Waals surface area contributed by atoms with Crippen LogP contribution < -0.4 is 10.5 Å². The molecule has 2 rings (SSSR count). The summed E-state index contributed by atoms with van der Waals surface area (Å²) in [6.45, 7) is 2.56. The molecule has 0 atom stereocenters. The Hall–Kier alpha value is -1.39. The Labute approximate surface area is 99.0 Å². The number of ether oxygens (including phenoxy) is 1. The molecule has 0 aliphatic rings. The summed E-state index contributed by atoms with van der Waals surface area (Å²) in [4.78, 5) is 1.15. The molecule has 0 amide bonds. The van der Waals surface area contributed by atoms with Gasteiger partial charge in [-0.3, -0.25) is 0 Å². The molecule has 16 heavy (non-hydrogen) atoms. The fourth-order valence-electron chi connectivity index (χ4n) is 1.66. The molecule has 1 heterocycles. The number of rotatable bonds is 3. The van der Waals surface area contributed by atoms with E-state index in [2.05, 4.69) is 10.4 Å². The highest BCUT2D eigenvalue weighted by Gasteiger charge is 2.08.